The first-order valence-corrected chi connectivity index (χ1v) is 5.75. The Labute approximate surface area is 110 Å². The van der Waals surface area contributed by atoms with Crippen LogP contribution in [-0.4, -0.2) is 19.9 Å². The fourth-order valence-corrected chi connectivity index (χ4v) is 2.04. The third-order valence-corrected chi connectivity index (χ3v) is 2.87. The van der Waals surface area contributed by atoms with Crippen LogP contribution in [-0.2, 0) is 0 Å². The van der Waals surface area contributed by atoms with Crippen molar-refractivity contribution in [2.24, 2.45) is 0 Å². The molecule has 2 rings (SSSR count). The van der Waals surface area contributed by atoms with Gasteiger partial charge in [-0.3, -0.25) is 10.3 Å². The normalized spacial score (nSPS) is 14.8. The Hall–Kier alpha value is -1.12. The summed E-state index contributed by atoms with van der Waals surface area (Å²) in [5.41, 5.74) is 3.91. The van der Waals surface area contributed by atoms with Crippen LogP contribution in [0.4, 0.5) is 5.69 Å². The topological polar surface area (TPSA) is 36.5 Å². The minimum Gasteiger partial charge on any atom is -0.479 e. The van der Waals surface area contributed by atoms with E-state index in [9.17, 15) is 0 Å². The number of hydrazine groups is 1. The number of hydrogen-bond acceptors (Lipinski definition) is 4. The van der Waals surface area contributed by atoms with Gasteiger partial charge >= 0.3 is 0 Å². The van der Waals surface area contributed by atoms with E-state index < -0.39 is 0 Å². The molecule has 0 saturated carbocycles. The first kappa shape index (κ1) is 12.3. The van der Waals surface area contributed by atoms with Gasteiger partial charge in [-0.1, -0.05) is 29.1 Å². The van der Waals surface area contributed by atoms with E-state index in [0.717, 1.165) is 5.69 Å². The lowest BCUT2D eigenvalue weighted by atomic mass is 10.3. The molecular formula is C11H11Cl2N3O. The van der Waals surface area contributed by atoms with Crippen molar-refractivity contribution in [3.05, 3.63) is 22.2 Å². The highest BCUT2D eigenvalue weighted by Gasteiger charge is 2.17. The molecular weight excluding hydrogens is 261 g/mol. The molecule has 0 radical (unpaired) electrons. The summed E-state index contributed by atoms with van der Waals surface area (Å²) in [5, 5.41) is 6.00. The number of terminal acetylenes is 1. The molecule has 1 aromatic rings. The molecule has 0 bridgehead atoms. The molecule has 0 aromatic heterocycles. The lowest BCUT2D eigenvalue weighted by Gasteiger charge is -2.19. The van der Waals surface area contributed by atoms with E-state index >= 15 is 0 Å². The summed E-state index contributed by atoms with van der Waals surface area (Å²) in [6.07, 6.45) is 5.14. The van der Waals surface area contributed by atoms with Gasteiger partial charge in [-0.2, -0.15) is 0 Å². The summed E-state index contributed by atoms with van der Waals surface area (Å²) >= 11 is 12.1. The number of nitrogens with zero attached hydrogens (tertiary/aromatic N) is 1. The van der Waals surface area contributed by atoms with Crippen molar-refractivity contribution in [1.29, 1.82) is 0 Å². The highest BCUT2D eigenvalue weighted by Crippen LogP contribution is 2.35. The number of nitrogens with one attached hydrogen (secondary N) is 2. The number of halogens is 2. The van der Waals surface area contributed by atoms with Crippen LogP contribution in [0.5, 0.6) is 5.75 Å². The molecule has 1 aliphatic rings. The molecule has 0 spiro atoms. The Bertz CT molecular complexity index is 453. The average Bonchev–Trinajstić information content (AvgIpc) is 2.81. The van der Waals surface area contributed by atoms with Gasteiger partial charge in [0.05, 0.1) is 29.1 Å². The Kier molecular flexibility index (Phi) is 3.97. The van der Waals surface area contributed by atoms with E-state index in [2.05, 4.69) is 16.7 Å². The highest BCUT2D eigenvalue weighted by atomic mass is 35.5. The van der Waals surface area contributed by atoms with Crippen LogP contribution in [0.15, 0.2) is 12.1 Å². The number of benzene rings is 1. The monoisotopic (exact) mass is 271 g/mol. The molecule has 1 aromatic carbocycles. The van der Waals surface area contributed by atoms with E-state index in [1.807, 2.05) is 5.01 Å². The van der Waals surface area contributed by atoms with Crippen molar-refractivity contribution in [1.82, 2.24) is 10.7 Å². The van der Waals surface area contributed by atoms with Crippen molar-refractivity contribution in [3.8, 4) is 18.1 Å². The predicted molar refractivity (Wildman–Crippen MR) is 69.3 cm³/mol. The van der Waals surface area contributed by atoms with Gasteiger partial charge < -0.3 is 4.74 Å². The van der Waals surface area contributed by atoms with E-state index in [1.54, 1.807) is 12.1 Å². The molecule has 0 unspecified atom stereocenters. The molecule has 90 valence electrons. The minimum atomic E-state index is 0.173. The van der Waals surface area contributed by atoms with Crippen molar-refractivity contribution >= 4 is 28.9 Å². The van der Waals surface area contributed by atoms with Crippen molar-refractivity contribution in [2.45, 2.75) is 0 Å². The van der Waals surface area contributed by atoms with Gasteiger partial charge in [-0.05, 0) is 6.07 Å². The summed E-state index contributed by atoms with van der Waals surface area (Å²) in [4.78, 5) is 0. The Morgan fingerprint density at radius 2 is 2.24 bits per heavy atom. The second-order valence-corrected chi connectivity index (χ2v) is 4.21. The molecule has 0 aliphatic carbocycles. The van der Waals surface area contributed by atoms with Crippen LogP contribution in [0.25, 0.3) is 0 Å². The van der Waals surface area contributed by atoms with Crippen molar-refractivity contribution < 1.29 is 4.74 Å². The molecule has 6 heteroatoms. The van der Waals surface area contributed by atoms with Crippen molar-refractivity contribution in [3.63, 3.8) is 0 Å². The van der Waals surface area contributed by atoms with E-state index in [0.29, 0.717) is 29.1 Å². The SMILES string of the molecule is C#CCOc1cc(N2CNCN2)c(Cl)cc1Cl. The van der Waals surface area contributed by atoms with Crippen LogP contribution in [0.3, 0.4) is 0 Å². The quantitative estimate of drug-likeness (QED) is 0.823. The maximum Gasteiger partial charge on any atom is 0.148 e. The van der Waals surface area contributed by atoms with Gasteiger partial charge in [0.1, 0.15) is 12.4 Å². The lowest BCUT2D eigenvalue weighted by molar-refractivity contribution is 0.370. The molecule has 0 amide bonds. The molecule has 1 saturated heterocycles. The Morgan fingerprint density at radius 1 is 1.41 bits per heavy atom. The fourth-order valence-electron chi connectivity index (χ4n) is 1.50. The van der Waals surface area contributed by atoms with Crippen LogP contribution >= 0.6 is 23.2 Å². The first-order valence-electron chi connectivity index (χ1n) is 4.99. The molecule has 1 heterocycles. The largest absolute Gasteiger partial charge is 0.479 e. The third-order valence-electron chi connectivity index (χ3n) is 2.27. The number of anilines is 1. The molecule has 2 N–H and O–H groups in total. The van der Waals surface area contributed by atoms with Gasteiger partial charge in [-0.25, -0.2) is 5.43 Å². The summed E-state index contributed by atoms with van der Waals surface area (Å²) in [6, 6.07) is 3.41. The van der Waals surface area contributed by atoms with Crippen molar-refractivity contribution in [2.75, 3.05) is 25.0 Å². The molecule has 1 aliphatic heterocycles. The number of ether oxygens (including phenoxy) is 1. The first-order chi connectivity index (χ1) is 8.22. The minimum absolute atomic E-state index is 0.173. The summed E-state index contributed by atoms with van der Waals surface area (Å²) in [5.74, 6) is 2.92. The lowest BCUT2D eigenvalue weighted by Crippen LogP contribution is -2.30. The van der Waals surface area contributed by atoms with Crippen LogP contribution < -0.4 is 20.5 Å². The summed E-state index contributed by atoms with van der Waals surface area (Å²) in [7, 11) is 0. The van der Waals surface area contributed by atoms with Gasteiger partial charge in [0.25, 0.3) is 0 Å². The zero-order valence-electron chi connectivity index (χ0n) is 8.96. The second kappa shape index (κ2) is 5.48. The maximum absolute atomic E-state index is 6.13. The molecule has 17 heavy (non-hydrogen) atoms. The average molecular weight is 272 g/mol. The zero-order valence-corrected chi connectivity index (χ0v) is 10.5. The molecule has 4 nitrogen and oxygen atoms in total. The zero-order chi connectivity index (χ0) is 12.3. The van der Waals surface area contributed by atoms with E-state index in [1.165, 1.54) is 0 Å². The predicted octanol–water partition coefficient (Wildman–Crippen LogP) is 1.83. The van der Waals surface area contributed by atoms with Crippen LogP contribution in [0.2, 0.25) is 10.0 Å². The van der Waals surface area contributed by atoms with Crippen LogP contribution in [0.1, 0.15) is 0 Å². The number of rotatable bonds is 3. The van der Waals surface area contributed by atoms with E-state index in [4.69, 9.17) is 34.4 Å². The smallest absolute Gasteiger partial charge is 0.148 e. The van der Waals surface area contributed by atoms with Gasteiger partial charge in [-0.15, -0.1) is 6.42 Å². The Morgan fingerprint density at radius 3 is 2.88 bits per heavy atom. The fraction of sp³-hybridized carbons (Fsp3) is 0.273. The van der Waals surface area contributed by atoms with Gasteiger partial charge in [0.15, 0.2) is 0 Å². The van der Waals surface area contributed by atoms with Gasteiger partial charge in [0.2, 0.25) is 0 Å². The standard InChI is InChI=1S/C11H11Cl2N3O/c1-2-3-17-11-5-10(8(12)4-9(11)13)16-7-14-6-15-16/h1,4-5,14-15H,3,6-7H2. The van der Waals surface area contributed by atoms with Crippen LogP contribution in [0, 0.1) is 12.3 Å². The summed E-state index contributed by atoms with van der Waals surface area (Å²) in [6.45, 7) is 1.53. The van der Waals surface area contributed by atoms with Gasteiger partial charge in [0, 0.05) is 6.07 Å². The Balaban J connectivity index is 2.28. The van der Waals surface area contributed by atoms with E-state index in [-0.39, 0.29) is 6.61 Å². The third kappa shape index (κ3) is 2.76. The maximum atomic E-state index is 6.13. The highest BCUT2D eigenvalue weighted by molar-refractivity contribution is 6.37. The summed E-state index contributed by atoms with van der Waals surface area (Å²) < 4.78 is 5.34. The molecule has 1 fully saturated rings. The molecule has 0 atom stereocenters. The second-order valence-electron chi connectivity index (χ2n) is 3.40. The number of hydrogen-bond donors (Lipinski definition) is 2.